The number of anilines is 1. The van der Waals surface area contributed by atoms with E-state index in [2.05, 4.69) is 20.6 Å². The van der Waals surface area contributed by atoms with Gasteiger partial charge in [-0.2, -0.15) is 0 Å². The number of nitrogens with zero attached hydrogens (tertiary/aromatic N) is 5. The van der Waals surface area contributed by atoms with E-state index in [0.29, 0.717) is 36.5 Å². The molecule has 32 heavy (non-hydrogen) atoms. The van der Waals surface area contributed by atoms with Gasteiger partial charge in [-0.25, -0.2) is 14.6 Å². The Morgan fingerprint density at radius 3 is 2.88 bits per heavy atom. The van der Waals surface area contributed by atoms with Crippen LogP contribution in [0.3, 0.4) is 0 Å². The number of ether oxygens (including phenoxy) is 1. The van der Waals surface area contributed by atoms with Crippen molar-refractivity contribution < 1.29 is 14.6 Å². The predicted molar refractivity (Wildman–Crippen MR) is 119 cm³/mol. The standard InChI is InChI=1S/C23H28N6O3/c1-14-6-5-11-24-22(14)25-13-19-21(27-28-29(19)3)18-9-10-20(15(2)26-18)32-17-8-4-7-16(12-17)23(30)31/h5-6,9-11,16-17H,4,7-8,12-13H2,1-3H3,(H,24,25)(H,30,31)/t16-,17-/m0/s1. The highest BCUT2D eigenvalue weighted by Gasteiger charge is 2.28. The van der Waals surface area contributed by atoms with E-state index in [1.807, 2.05) is 45.2 Å². The molecule has 9 heteroatoms. The van der Waals surface area contributed by atoms with E-state index in [1.165, 1.54) is 0 Å². The van der Waals surface area contributed by atoms with Crippen molar-refractivity contribution in [2.45, 2.75) is 52.2 Å². The first-order valence-electron chi connectivity index (χ1n) is 10.8. The summed E-state index contributed by atoms with van der Waals surface area (Å²) < 4.78 is 7.86. The normalized spacial score (nSPS) is 18.3. The van der Waals surface area contributed by atoms with Crippen LogP contribution >= 0.6 is 0 Å². The average molecular weight is 437 g/mol. The number of hydrogen-bond donors (Lipinski definition) is 2. The number of carboxylic acids is 1. The fourth-order valence-electron chi connectivity index (χ4n) is 4.07. The second-order valence-electron chi connectivity index (χ2n) is 8.25. The maximum Gasteiger partial charge on any atom is 0.306 e. The van der Waals surface area contributed by atoms with Crippen LogP contribution in [0.1, 0.15) is 42.6 Å². The topological polar surface area (TPSA) is 115 Å². The van der Waals surface area contributed by atoms with Gasteiger partial charge in [0.05, 0.1) is 35.6 Å². The molecule has 2 N–H and O–H groups in total. The summed E-state index contributed by atoms with van der Waals surface area (Å²) in [6.07, 6.45) is 4.62. The maximum absolute atomic E-state index is 11.3. The van der Waals surface area contributed by atoms with Gasteiger partial charge in [-0.3, -0.25) is 4.79 Å². The van der Waals surface area contributed by atoms with Crippen LogP contribution in [0.25, 0.3) is 11.4 Å². The van der Waals surface area contributed by atoms with Crippen LogP contribution in [0.4, 0.5) is 5.82 Å². The van der Waals surface area contributed by atoms with E-state index in [-0.39, 0.29) is 12.0 Å². The van der Waals surface area contributed by atoms with E-state index < -0.39 is 5.97 Å². The first kappa shape index (κ1) is 21.7. The van der Waals surface area contributed by atoms with Crippen molar-refractivity contribution in [3.05, 3.63) is 47.4 Å². The molecule has 1 aliphatic carbocycles. The Hall–Kier alpha value is -3.49. The first-order chi connectivity index (χ1) is 15.4. The quantitative estimate of drug-likeness (QED) is 0.578. The Balaban J connectivity index is 1.50. The summed E-state index contributed by atoms with van der Waals surface area (Å²) in [5.41, 5.74) is 4.11. The fourth-order valence-corrected chi connectivity index (χ4v) is 4.07. The minimum Gasteiger partial charge on any atom is -0.489 e. The van der Waals surface area contributed by atoms with Crippen molar-refractivity contribution >= 4 is 11.8 Å². The van der Waals surface area contributed by atoms with Crippen molar-refractivity contribution in [3.8, 4) is 17.1 Å². The minimum atomic E-state index is -0.742. The number of carboxylic acid groups (broad SMARTS) is 1. The molecule has 0 radical (unpaired) electrons. The molecule has 3 heterocycles. The Morgan fingerprint density at radius 2 is 2.12 bits per heavy atom. The predicted octanol–water partition coefficient (Wildman–Crippen LogP) is 3.52. The number of nitrogens with one attached hydrogen (secondary N) is 1. The Bertz CT molecular complexity index is 1110. The number of aryl methyl sites for hydroxylation is 3. The monoisotopic (exact) mass is 436 g/mol. The molecule has 0 unspecified atom stereocenters. The highest BCUT2D eigenvalue weighted by atomic mass is 16.5. The van der Waals surface area contributed by atoms with Crippen LogP contribution < -0.4 is 10.1 Å². The summed E-state index contributed by atoms with van der Waals surface area (Å²) in [4.78, 5) is 20.4. The number of aliphatic carboxylic acids is 1. The Morgan fingerprint density at radius 1 is 1.28 bits per heavy atom. The largest absolute Gasteiger partial charge is 0.489 e. The molecule has 0 aliphatic heterocycles. The molecule has 9 nitrogen and oxygen atoms in total. The highest BCUT2D eigenvalue weighted by Crippen LogP contribution is 2.30. The van der Waals surface area contributed by atoms with Crippen molar-refractivity contribution in [2.24, 2.45) is 13.0 Å². The molecule has 3 aromatic rings. The van der Waals surface area contributed by atoms with Crippen LogP contribution in [0.15, 0.2) is 30.5 Å². The van der Waals surface area contributed by atoms with Crippen molar-refractivity contribution in [3.63, 3.8) is 0 Å². The lowest BCUT2D eigenvalue weighted by atomic mass is 9.87. The number of rotatable bonds is 7. The molecular formula is C23H28N6O3. The lowest BCUT2D eigenvalue weighted by molar-refractivity contribution is -0.143. The van der Waals surface area contributed by atoms with Gasteiger partial charge < -0.3 is 15.2 Å². The molecule has 1 fully saturated rings. The van der Waals surface area contributed by atoms with Gasteiger partial charge in [-0.1, -0.05) is 11.3 Å². The molecule has 0 amide bonds. The Labute approximate surface area is 186 Å². The van der Waals surface area contributed by atoms with E-state index in [0.717, 1.165) is 35.6 Å². The molecule has 0 spiro atoms. The summed E-state index contributed by atoms with van der Waals surface area (Å²) in [5, 5.41) is 21.2. The van der Waals surface area contributed by atoms with Gasteiger partial charge in [0, 0.05) is 13.2 Å². The molecular weight excluding hydrogens is 408 g/mol. The van der Waals surface area contributed by atoms with Crippen molar-refractivity contribution in [1.29, 1.82) is 0 Å². The highest BCUT2D eigenvalue weighted by molar-refractivity contribution is 5.70. The van der Waals surface area contributed by atoms with Crippen LogP contribution in [-0.2, 0) is 18.4 Å². The second kappa shape index (κ2) is 9.33. The average Bonchev–Trinajstić information content (AvgIpc) is 3.15. The van der Waals surface area contributed by atoms with Gasteiger partial charge >= 0.3 is 5.97 Å². The first-order valence-corrected chi connectivity index (χ1v) is 10.8. The smallest absolute Gasteiger partial charge is 0.306 e. The van der Waals surface area contributed by atoms with E-state index in [1.54, 1.807) is 10.9 Å². The molecule has 0 aromatic carbocycles. The summed E-state index contributed by atoms with van der Waals surface area (Å²) >= 11 is 0. The fraction of sp³-hybridized carbons (Fsp3) is 0.435. The minimum absolute atomic E-state index is 0.103. The lowest BCUT2D eigenvalue weighted by Gasteiger charge is -2.27. The van der Waals surface area contributed by atoms with Crippen molar-refractivity contribution in [1.82, 2.24) is 25.0 Å². The summed E-state index contributed by atoms with van der Waals surface area (Å²) in [7, 11) is 1.85. The third-order valence-corrected chi connectivity index (χ3v) is 5.92. The molecule has 3 aromatic heterocycles. The lowest BCUT2D eigenvalue weighted by Crippen LogP contribution is -2.29. The molecule has 1 aliphatic rings. The van der Waals surface area contributed by atoms with Crippen LogP contribution in [0.2, 0.25) is 0 Å². The molecule has 0 bridgehead atoms. The van der Waals surface area contributed by atoms with E-state index in [4.69, 9.17) is 9.72 Å². The Kier molecular flexibility index (Phi) is 6.34. The van der Waals surface area contributed by atoms with Crippen LogP contribution in [-0.4, -0.2) is 42.1 Å². The third-order valence-electron chi connectivity index (χ3n) is 5.92. The molecule has 4 rings (SSSR count). The van der Waals surface area contributed by atoms with E-state index >= 15 is 0 Å². The zero-order valence-corrected chi connectivity index (χ0v) is 18.6. The summed E-state index contributed by atoms with van der Waals surface area (Å²) in [6.45, 7) is 4.41. The van der Waals surface area contributed by atoms with Crippen LogP contribution in [0, 0.1) is 19.8 Å². The summed E-state index contributed by atoms with van der Waals surface area (Å²) in [6, 6.07) is 7.67. The van der Waals surface area contributed by atoms with Gasteiger partial charge in [-0.15, -0.1) is 5.10 Å². The zero-order valence-electron chi connectivity index (χ0n) is 18.6. The zero-order chi connectivity index (χ0) is 22.7. The maximum atomic E-state index is 11.3. The van der Waals surface area contributed by atoms with Crippen molar-refractivity contribution in [2.75, 3.05) is 5.32 Å². The summed E-state index contributed by atoms with van der Waals surface area (Å²) in [5.74, 6) is 0.420. The molecule has 1 saturated carbocycles. The molecule has 0 saturated heterocycles. The third kappa shape index (κ3) is 4.71. The number of hydrogen-bond acceptors (Lipinski definition) is 7. The van der Waals surface area contributed by atoms with Gasteiger partial charge in [0.1, 0.15) is 17.3 Å². The van der Waals surface area contributed by atoms with Gasteiger partial charge in [0.25, 0.3) is 0 Å². The van der Waals surface area contributed by atoms with Crippen LogP contribution in [0.5, 0.6) is 5.75 Å². The van der Waals surface area contributed by atoms with Gasteiger partial charge in [0.15, 0.2) is 0 Å². The SMILES string of the molecule is Cc1cccnc1NCc1c(-c2ccc(O[C@H]3CCC[C@H](C(=O)O)C3)c(C)n2)nnn1C. The van der Waals surface area contributed by atoms with Gasteiger partial charge in [-0.05, 0) is 63.3 Å². The second-order valence-corrected chi connectivity index (χ2v) is 8.25. The van der Waals surface area contributed by atoms with Gasteiger partial charge in [0.2, 0.25) is 0 Å². The number of aromatic nitrogens is 5. The molecule has 168 valence electrons. The van der Waals surface area contributed by atoms with E-state index in [9.17, 15) is 9.90 Å². The number of pyridine rings is 2. The molecule has 2 atom stereocenters. The number of carbonyl (C=O) groups is 1.